The third-order valence-electron chi connectivity index (χ3n) is 7.03. The van der Waals surface area contributed by atoms with Crippen LogP contribution in [-0.2, 0) is 19.1 Å². The van der Waals surface area contributed by atoms with E-state index in [9.17, 15) is 19.5 Å². The summed E-state index contributed by atoms with van der Waals surface area (Å²) < 4.78 is 11.3. The molecule has 0 bridgehead atoms. The van der Waals surface area contributed by atoms with Crippen LogP contribution in [0.25, 0.3) is 11.1 Å². The quantitative estimate of drug-likeness (QED) is 0.598. The maximum atomic E-state index is 12.9. The number of likely N-dealkylation sites (N-methyl/N-ethyl adjacent to an activating group) is 1. The molecule has 1 aliphatic heterocycles. The molecule has 1 aliphatic carbocycles. The van der Waals surface area contributed by atoms with Crippen LogP contribution in [-0.4, -0.2) is 65.9 Å². The predicted molar refractivity (Wildman–Crippen MR) is 130 cm³/mol. The first-order chi connectivity index (χ1) is 16.7. The molecule has 2 unspecified atom stereocenters. The van der Waals surface area contributed by atoms with E-state index in [1.807, 2.05) is 24.3 Å². The molecule has 2 N–H and O–H groups in total. The lowest BCUT2D eigenvalue weighted by Crippen LogP contribution is -2.54. The van der Waals surface area contributed by atoms with Crippen molar-refractivity contribution in [1.82, 2.24) is 10.2 Å². The zero-order valence-electron chi connectivity index (χ0n) is 20.3. The number of fused-ring (bicyclic) bond motifs is 3. The maximum absolute atomic E-state index is 12.9. The number of hydrogen-bond donors (Lipinski definition) is 2. The van der Waals surface area contributed by atoms with Gasteiger partial charge in [-0.15, -0.1) is 0 Å². The minimum absolute atomic E-state index is 0.0181. The molecule has 1 fully saturated rings. The second-order valence-corrected chi connectivity index (χ2v) is 9.54. The molecule has 0 radical (unpaired) electrons. The van der Waals surface area contributed by atoms with E-state index < -0.39 is 23.5 Å². The lowest BCUT2D eigenvalue weighted by Gasteiger charge is -2.35. The van der Waals surface area contributed by atoms with Crippen LogP contribution in [0.3, 0.4) is 0 Å². The van der Waals surface area contributed by atoms with Gasteiger partial charge >= 0.3 is 12.1 Å². The molecule has 1 saturated heterocycles. The number of aliphatic carboxylic acids is 1. The minimum atomic E-state index is -1.30. The molecule has 8 heteroatoms. The van der Waals surface area contributed by atoms with Gasteiger partial charge in [0, 0.05) is 19.0 Å². The molecule has 0 aromatic heterocycles. The van der Waals surface area contributed by atoms with Gasteiger partial charge in [-0.2, -0.15) is 0 Å². The molecule has 2 amide bonds. The highest BCUT2D eigenvalue weighted by molar-refractivity contribution is 5.87. The summed E-state index contributed by atoms with van der Waals surface area (Å²) in [6.45, 7) is 5.72. The second-order valence-electron chi connectivity index (χ2n) is 9.54. The monoisotopic (exact) mass is 480 g/mol. The fourth-order valence-corrected chi connectivity index (χ4v) is 5.03. The third-order valence-corrected chi connectivity index (χ3v) is 7.03. The van der Waals surface area contributed by atoms with E-state index >= 15 is 0 Å². The van der Waals surface area contributed by atoms with E-state index in [0.717, 1.165) is 11.1 Å². The standard InChI is InChI=1S/C27H32N2O6/c1-4-29(27(2,3)25(31)32)24(30)17-13-18(34-15-17)14-28-26(33)35-16-23-21-11-7-5-9-19(21)20-10-6-8-12-22(20)23/h5-12,17-18,23H,4,13-16H2,1-3H3,(H,28,33)(H,31,32). The second kappa shape index (κ2) is 10.1. The number of alkyl carbamates (subject to hydrolysis) is 1. The Labute approximate surface area is 205 Å². The Balaban J connectivity index is 1.28. The highest BCUT2D eigenvalue weighted by Gasteiger charge is 2.42. The van der Waals surface area contributed by atoms with Crippen molar-refractivity contribution in [2.45, 2.75) is 44.8 Å². The van der Waals surface area contributed by atoms with Crippen LogP contribution < -0.4 is 5.32 Å². The van der Waals surface area contributed by atoms with Crippen molar-refractivity contribution < 1.29 is 29.0 Å². The zero-order chi connectivity index (χ0) is 25.2. The van der Waals surface area contributed by atoms with Crippen molar-refractivity contribution in [1.29, 1.82) is 0 Å². The number of amides is 2. The third kappa shape index (κ3) is 4.89. The average molecular weight is 481 g/mol. The highest BCUT2D eigenvalue weighted by atomic mass is 16.5. The SMILES string of the molecule is CCN(C(=O)C1COC(CNC(=O)OCC2c3ccccc3-c3ccccc32)C1)C(C)(C)C(=O)O. The molecule has 8 nitrogen and oxygen atoms in total. The Bertz CT molecular complexity index is 1070. The van der Waals surface area contributed by atoms with Gasteiger partial charge in [0.15, 0.2) is 0 Å². The Hall–Kier alpha value is -3.39. The molecule has 35 heavy (non-hydrogen) atoms. The lowest BCUT2D eigenvalue weighted by molar-refractivity contribution is -0.158. The summed E-state index contributed by atoms with van der Waals surface area (Å²) in [4.78, 5) is 38.3. The van der Waals surface area contributed by atoms with E-state index in [-0.39, 0.29) is 44.2 Å². The molecule has 2 atom stereocenters. The largest absolute Gasteiger partial charge is 0.480 e. The van der Waals surface area contributed by atoms with Crippen molar-refractivity contribution >= 4 is 18.0 Å². The molecule has 0 saturated carbocycles. The van der Waals surface area contributed by atoms with Crippen LogP contribution in [0.15, 0.2) is 48.5 Å². The minimum Gasteiger partial charge on any atom is -0.480 e. The van der Waals surface area contributed by atoms with Crippen LogP contribution in [0, 0.1) is 5.92 Å². The summed E-state index contributed by atoms with van der Waals surface area (Å²) >= 11 is 0. The summed E-state index contributed by atoms with van der Waals surface area (Å²) in [5.74, 6) is -1.76. The topological polar surface area (TPSA) is 105 Å². The average Bonchev–Trinajstić information content (AvgIpc) is 3.44. The fraction of sp³-hybridized carbons (Fsp3) is 0.444. The van der Waals surface area contributed by atoms with Crippen molar-refractivity contribution in [3.05, 3.63) is 59.7 Å². The summed E-state index contributed by atoms with van der Waals surface area (Å²) in [5.41, 5.74) is 3.32. The van der Waals surface area contributed by atoms with E-state index in [2.05, 4.69) is 29.6 Å². The summed E-state index contributed by atoms with van der Waals surface area (Å²) in [5, 5.41) is 12.2. The highest BCUT2D eigenvalue weighted by Crippen LogP contribution is 2.44. The molecule has 0 spiro atoms. The van der Waals surface area contributed by atoms with Crippen LogP contribution >= 0.6 is 0 Å². The van der Waals surface area contributed by atoms with E-state index in [0.29, 0.717) is 6.42 Å². The number of benzene rings is 2. The van der Waals surface area contributed by atoms with Gasteiger partial charge in [0.25, 0.3) is 0 Å². The van der Waals surface area contributed by atoms with Gasteiger partial charge in [-0.3, -0.25) is 4.79 Å². The van der Waals surface area contributed by atoms with Crippen molar-refractivity contribution in [2.24, 2.45) is 5.92 Å². The molecule has 4 rings (SSSR count). The number of carboxylic acid groups (broad SMARTS) is 1. The molecular formula is C27H32N2O6. The maximum Gasteiger partial charge on any atom is 0.407 e. The summed E-state index contributed by atoms with van der Waals surface area (Å²) in [7, 11) is 0. The van der Waals surface area contributed by atoms with Crippen molar-refractivity contribution in [2.75, 3.05) is 26.3 Å². The smallest absolute Gasteiger partial charge is 0.407 e. The Kier molecular flexibility index (Phi) is 7.12. The molecule has 1 heterocycles. The normalized spacial score (nSPS) is 19.1. The van der Waals surface area contributed by atoms with Gasteiger partial charge in [-0.05, 0) is 49.4 Å². The number of carbonyl (C=O) groups is 3. The molecule has 2 aliphatic rings. The van der Waals surface area contributed by atoms with Crippen LogP contribution in [0.1, 0.15) is 44.2 Å². The fourth-order valence-electron chi connectivity index (χ4n) is 5.03. The number of carboxylic acids is 1. The molecule has 2 aromatic carbocycles. The van der Waals surface area contributed by atoms with Crippen LogP contribution in [0.2, 0.25) is 0 Å². The molecule has 186 valence electrons. The Morgan fingerprint density at radius 2 is 1.69 bits per heavy atom. The number of rotatable bonds is 8. The first-order valence-corrected chi connectivity index (χ1v) is 12.0. The summed E-state index contributed by atoms with van der Waals surface area (Å²) in [6, 6.07) is 16.3. The van der Waals surface area contributed by atoms with Gasteiger partial charge < -0.3 is 24.8 Å². The first kappa shape index (κ1) is 24.7. The number of nitrogens with zero attached hydrogens (tertiary/aromatic N) is 1. The number of hydrogen-bond acceptors (Lipinski definition) is 5. The number of ether oxygens (including phenoxy) is 2. The first-order valence-electron chi connectivity index (χ1n) is 12.0. The van der Waals surface area contributed by atoms with Gasteiger partial charge in [-0.25, -0.2) is 9.59 Å². The van der Waals surface area contributed by atoms with Crippen molar-refractivity contribution in [3.63, 3.8) is 0 Å². The number of carbonyl (C=O) groups excluding carboxylic acids is 2. The molecular weight excluding hydrogens is 448 g/mol. The van der Waals surface area contributed by atoms with Crippen LogP contribution in [0.5, 0.6) is 0 Å². The number of nitrogens with one attached hydrogen (secondary N) is 1. The van der Waals surface area contributed by atoms with E-state index in [1.165, 1.54) is 29.9 Å². The Morgan fingerprint density at radius 1 is 1.09 bits per heavy atom. The summed E-state index contributed by atoms with van der Waals surface area (Å²) in [6.07, 6.45) is -0.460. The van der Waals surface area contributed by atoms with Crippen LogP contribution in [0.4, 0.5) is 4.79 Å². The predicted octanol–water partition coefficient (Wildman–Crippen LogP) is 3.64. The van der Waals surface area contributed by atoms with Gasteiger partial charge in [0.05, 0.1) is 18.6 Å². The zero-order valence-corrected chi connectivity index (χ0v) is 20.3. The van der Waals surface area contributed by atoms with Crippen molar-refractivity contribution in [3.8, 4) is 11.1 Å². The van der Waals surface area contributed by atoms with Gasteiger partial charge in [-0.1, -0.05) is 48.5 Å². The van der Waals surface area contributed by atoms with E-state index in [1.54, 1.807) is 6.92 Å². The lowest BCUT2D eigenvalue weighted by atomic mass is 9.97. The van der Waals surface area contributed by atoms with E-state index in [4.69, 9.17) is 9.47 Å². The Morgan fingerprint density at radius 3 is 2.26 bits per heavy atom. The van der Waals surface area contributed by atoms with Gasteiger partial charge in [0.1, 0.15) is 12.1 Å². The molecule has 2 aromatic rings. The van der Waals surface area contributed by atoms with Gasteiger partial charge in [0.2, 0.25) is 5.91 Å².